The van der Waals surface area contributed by atoms with E-state index >= 15 is 0 Å². The van der Waals surface area contributed by atoms with Gasteiger partial charge in [0.15, 0.2) is 0 Å². The van der Waals surface area contributed by atoms with Crippen LogP contribution in [-0.2, 0) is 0 Å². The molecule has 0 heterocycles. The van der Waals surface area contributed by atoms with Crippen LogP contribution in [0.5, 0.6) is 0 Å². The first-order valence-corrected chi connectivity index (χ1v) is 5.52. The second kappa shape index (κ2) is 6.93. The lowest BCUT2D eigenvalue weighted by Crippen LogP contribution is -2.16. The van der Waals surface area contributed by atoms with Gasteiger partial charge in [0.1, 0.15) is 0 Å². The summed E-state index contributed by atoms with van der Waals surface area (Å²) in [5.41, 5.74) is 0. The zero-order valence-corrected chi connectivity index (χ0v) is 8.43. The molecule has 9 heavy (non-hydrogen) atoms. The molecule has 3 unspecified atom stereocenters. The van der Waals surface area contributed by atoms with Crippen LogP contribution in [0.25, 0.3) is 0 Å². The summed E-state index contributed by atoms with van der Waals surface area (Å²) in [6.45, 7) is 4.47. The summed E-state index contributed by atoms with van der Waals surface area (Å²) in [6.07, 6.45) is 2.59. The van der Waals surface area contributed by atoms with E-state index < -0.39 is 0 Å². The van der Waals surface area contributed by atoms with Crippen molar-refractivity contribution in [1.29, 1.82) is 0 Å². The first kappa shape index (κ1) is 9.82. The van der Waals surface area contributed by atoms with Gasteiger partial charge < -0.3 is 0 Å². The smallest absolute Gasteiger partial charge is 0.00728 e. The average Bonchev–Trinajstić information content (AvgIpc) is 1.85. The summed E-state index contributed by atoms with van der Waals surface area (Å²) in [5.74, 6) is 1.19. The molecule has 0 aromatic heterocycles. The lowest BCUT2D eigenvalue weighted by molar-refractivity contribution is 0.615. The normalized spacial score (nSPS) is 15.0. The van der Waals surface area contributed by atoms with Crippen molar-refractivity contribution < 1.29 is 0 Å². The summed E-state index contributed by atoms with van der Waals surface area (Å²) in [4.78, 5) is 0. The van der Waals surface area contributed by atoms with Gasteiger partial charge in [0.2, 0.25) is 0 Å². The Morgan fingerprint density at radius 2 is 2.33 bits per heavy atom. The molecule has 56 valence electrons. The van der Waals surface area contributed by atoms with E-state index in [0.717, 1.165) is 8.73 Å². The van der Waals surface area contributed by atoms with E-state index in [4.69, 9.17) is 0 Å². The van der Waals surface area contributed by atoms with E-state index in [-0.39, 0.29) is 0 Å². The maximum atomic E-state index is 3.44. The van der Waals surface area contributed by atoms with Gasteiger partial charge in [0.25, 0.3) is 0 Å². The zero-order chi connectivity index (χ0) is 7.11. The van der Waals surface area contributed by atoms with Crippen molar-refractivity contribution in [3.63, 3.8) is 0 Å². The quantitative estimate of drug-likeness (QED) is 0.616. The second-order valence-corrected chi connectivity index (χ2v) is 4.49. The van der Waals surface area contributed by atoms with Gasteiger partial charge in [-0.25, -0.2) is 0 Å². The van der Waals surface area contributed by atoms with Crippen LogP contribution in [0.3, 0.4) is 0 Å². The van der Waals surface area contributed by atoms with Crippen LogP contribution in [-0.4, -0.2) is 11.9 Å². The molecule has 0 spiro atoms. The molecule has 0 amide bonds. The van der Waals surface area contributed by atoms with Crippen molar-refractivity contribution in [3.8, 4) is 0 Å². The summed E-state index contributed by atoms with van der Waals surface area (Å²) < 4.78 is 0. The zero-order valence-electron chi connectivity index (χ0n) is 6.28. The molecule has 0 aromatic carbocycles. The van der Waals surface area contributed by atoms with E-state index in [9.17, 15) is 0 Å². The Kier molecular flexibility index (Phi) is 7.57. The Bertz CT molecular complexity index is 59.0. The topological polar surface area (TPSA) is 12.0 Å². The summed E-state index contributed by atoms with van der Waals surface area (Å²) in [6, 6.07) is 0.717. The minimum absolute atomic E-state index is 0.717. The van der Waals surface area contributed by atoms with Gasteiger partial charge in [-0.1, -0.05) is 13.3 Å². The molecule has 0 fully saturated rings. The monoisotopic (exact) mass is 165 g/mol. The Morgan fingerprint density at radius 3 is 2.78 bits per heavy atom. The molecule has 0 saturated carbocycles. The van der Waals surface area contributed by atoms with Crippen molar-refractivity contribution in [2.45, 2.75) is 32.7 Å². The molecular formula is C6H17NP2. The minimum atomic E-state index is 0.717. The molecule has 0 rings (SSSR count). The van der Waals surface area contributed by atoms with E-state index in [1.165, 1.54) is 18.7 Å². The third-order valence-corrected chi connectivity index (χ3v) is 2.69. The SMILES string of the molecule is CCCC(C)NPCP. The molecule has 0 bridgehead atoms. The Balaban J connectivity index is 2.95. The average molecular weight is 165 g/mol. The summed E-state index contributed by atoms with van der Waals surface area (Å²) in [5, 5.41) is 3.44. The highest BCUT2D eigenvalue weighted by Gasteiger charge is 1.95. The number of hydrogen-bond acceptors (Lipinski definition) is 1. The third-order valence-electron chi connectivity index (χ3n) is 1.17. The Hall–Kier alpha value is 0.820. The van der Waals surface area contributed by atoms with Crippen molar-refractivity contribution in [2.24, 2.45) is 0 Å². The first-order chi connectivity index (χ1) is 4.31. The molecule has 0 aliphatic carbocycles. The number of rotatable bonds is 5. The van der Waals surface area contributed by atoms with Crippen molar-refractivity contribution in [3.05, 3.63) is 0 Å². The fourth-order valence-electron chi connectivity index (χ4n) is 0.738. The molecule has 0 radical (unpaired) electrons. The lowest BCUT2D eigenvalue weighted by atomic mass is 10.2. The fourth-order valence-corrected chi connectivity index (χ4v) is 1.70. The minimum Gasteiger partial charge on any atom is -0.295 e. The molecule has 0 saturated heterocycles. The highest BCUT2D eigenvalue weighted by molar-refractivity contribution is 7.47. The van der Waals surface area contributed by atoms with Gasteiger partial charge in [-0.3, -0.25) is 5.09 Å². The van der Waals surface area contributed by atoms with Crippen LogP contribution < -0.4 is 5.09 Å². The third kappa shape index (κ3) is 6.71. The van der Waals surface area contributed by atoms with Crippen LogP contribution in [0.4, 0.5) is 0 Å². The Morgan fingerprint density at radius 1 is 1.67 bits per heavy atom. The maximum Gasteiger partial charge on any atom is 0.00728 e. The second-order valence-electron chi connectivity index (χ2n) is 2.21. The fraction of sp³-hybridized carbons (Fsp3) is 1.00. The summed E-state index contributed by atoms with van der Waals surface area (Å²) in [7, 11) is 3.65. The van der Waals surface area contributed by atoms with Gasteiger partial charge in [0.05, 0.1) is 0 Å². The van der Waals surface area contributed by atoms with Gasteiger partial charge >= 0.3 is 0 Å². The molecule has 0 aliphatic heterocycles. The standard InChI is InChI=1S/C6H17NP2/c1-3-4-6(2)7-9-5-8/h6-7,9H,3-5,8H2,1-2H3. The van der Waals surface area contributed by atoms with Crippen LogP contribution in [0.1, 0.15) is 26.7 Å². The first-order valence-electron chi connectivity index (χ1n) is 3.49. The highest BCUT2D eigenvalue weighted by atomic mass is 31.1. The number of nitrogens with one attached hydrogen (secondary N) is 1. The van der Waals surface area contributed by atoms with Gasteiger partial charge in [-0.15, -0.1) is 9.24 Å². The van der Waals surface area contributed by atoms with Gasteiger partial charge in [-0.05, 0) is 28.0 Å². The molecule has 1 N–H and O–H groups in total. The number of hydrogen-bond donors (Lipinski definition) is 1. The molecule has 1 nitrogen and oxygen atoms in total. The van der Waals surface area contributed by atoms with E-state index in [1.807, 2.05) is 0 Å². The van der Waals surface area contributed by atoms with Crippen molar-refractivity contribution >= 4 is 18.0 Å². The predicted octanol–water partition coefficient (Wildman–Crippen LogP) is 2.19. The van der Waals surface area contributed by atoms with E-state index in [0.29, 0.717) is 6.04 Å². The predicted molar refractivity (Wildman–Crippen MR) is 50.4 cm³/mol. The van der Waals surface area contributed by atoms with Gasteiger partial charge in [0, 0.05) is 6.04 Å². The van der Waals surface area contributed by atoms with Crippen molar-refractivity contribution in [2.75, 3.05) is 5.90 Å². The molecule has 3 atom stereocenters. The maximum absolute atomic E-state index is 3.44. The molecular weight excluding hydrogens is 148 g/mol. The Labute approximate surface area is 62.4 Å². The van der Waals surface area contributed by atoms with Crippen LogP contribution >= 0.6 is 18.0 Å². The largest absolute Gasteiger partial charge is 0.295 e. The van der Waals surface area contributed by atoms with E-state index in [1.54, 1.807) is 0 Å². The van der Waals surface area contributed by atoms with Crippen molar-refractivity contribution in [1.82, 2.24) is 5.09 Å². The molecule has 3 heteroatoms. The molecule has 0 aromatic rings. The van der Waals surface area contributed by atoms with Gasteiger partial charge in [-0.2, -0.15) is 0 Å². The van der Waals surface area contributed by atoms with E-state index in [2.05, 4.69) is 28.2 Å². The highest BCUT2D eigenvalue weighted by Crippen LogP contribution is 2.10. The lowest BCUT2D eigenvalue weighted by Gasteiger charge is -2.10. The summed E-state index contributed by atoms with van der Waals surface area (Å²) >= 11 is 0. The van der Waals surface area contributed by atoms with Crippen LogP contribution in [0, 0.1) is 0 Å². The van der Waals surface area contributed by atoms with Crippen LogP contribution in [0.2, 0.25) is 0 Å². The van der Waals surface area contributed by atoms with Crippen LogP contribution in [0.15, 0.2) is 0 Å². The molecule has 0 aliphatic rings.